The maximum Gasteiger partial charge on any atom is 0.339 e. The Hall–Kier alpha value is -4.45. The number of sulfonamides is 1. The summed E-state index contributed by atoms with van der Waals surface area (Å²) in [5, 5.41) is -0.322. The van der Waals surface area contributed by atoms with E-state index in [1.54, 1.807) is 11.8 Å². The molecule has 0 amide bonds. The number of aromatic amines is 1. The van der Waals surface area contributed by atoms with E-state index in [2.05, 4.69) is 9.71 Å². The van der Waals surface area contributed by atoms with E-state index in [1.807, 2.05) is 0 Å². The number of carbonyl (C=O) groups excluding carboxylic acids is 1. The second kappa shape index (κ2) is 13.4. The number of ether oxygens (including phenoxy) is 1. The number of thiophene rings is 1. The van der Waals surface area contributed by atoms with Gasteiger partial charge in [-0.2, -0.15) is 8.42 Å². The van der Waals surface area contributed by atoms with E-state index in [1.165, 1.54) is 39.2 Å². The molecule has 3 heterocycles. The standard InChI is InChI=1S/C36H34F3N3O8S3/c1-17-5-7-21(37)11-27(17)52(45,46)40-15-20-9-10-42(16-20)31-26(39)14-25-30(34(31)49-4)41-36-29(32(25)44)33(35(51-36)24-13-23(24)19(3)43)50-53(47,48)28-12-22(38)8-6-18(28)2/h5-8,11-12,14,20,23-24,40H,9-10,13,15-16H2,1-4H3,(H,41,44)/t20?,23?,24-/m1/s1. The number of nitrogens with one attached hydrogen (secondary N) is 2. The maximum atomic E-state index is 16.1. The number of pyridine rings is 1. The molecule has 0 spiro atoms. The van der Waals surface area contributed by atoms with Crippen LogP contribution in [0.3, 0.4) is 0 Å². The second-order valence-electron chi connectivity index (χ2n) is 13.5. The first-order chi connectivity index (χ1) is 25.0. The first-order valence-electron chi connectivity index (χ1n) is 16.6. The topological polar surface area (TPSA) is 152 Å². The number of benzene rings is 3. The van der Waals surface area contributed by atoms with Gasteiger partial charge in [-0.15, -0.1) is 11.3 Å². The van der Waals surface area contributed by atoms with Gasteiger partial charge in [0, 0.05) is 31.5 Å². The van der Waals surface area contributed by atoms with Gasteiger partial charge in [0.2, 0.25) is 15.5 Å². The summed E-state index contributed by atoms with van der Waals surface area (Å²) in [4.78, 5) is 31.3. The molecule has 1 aliphatic heterocycles. The summed E-state index contributed by atoms with van der Waals surface area (Å²) in [5.41, 5.74) is 0.0190. The Morgan fingerprint density at radius 3 is 2.30 bits per heavy atom. The Bertz CT molecular complexity index is 2630. The van der Waals surface area contributed by atoms with Crippen molar-refractivity contribution in [3.63, 3.8) is 0 Å². The molecule has 1 saturated heterocycles. The predicted molar refractivity (Wildman–Crippen MR) is 194 cm³/mol. The number of rotatable bonds is 11. The number of hydrogen-bond acceptors (Lipinski definition) is 10. The van der Waals surface area contributed by atoms with Crippen molar-refractivity contribution in [2.45, 2.75) is 49.3 Å². The average molecular weight is 790 g/mol. The highest BCUT2D eigenvalue weighted by Gasteiger charge is 2.46. The Morgan fingerprint density at radius 2 is 1.66 bits per heavy atom. The fraction of sp³-hybridized carbons (Fsp3) is 0.333. The minimum absolute atomic E-state index is 0.00377. The van der Waals surface area contributed by atoms with Crippen LogP contribution in [0.4, 0.5) is 18.9 Å². The molecule has 7 rings (SSSR count). The molecule has 2 aliphatic rings. The van der Waals surface area contributed by atoms with Crippen molar-refractivity contribution >= 4 is 64.1 Å². The lowest BCUT2D eigenvalue weighted by Crippen LogP contribution is -2.31. The van der Waals surface area contributed by atoms with Crippen molar-refractivity contribution in [3.05, 3.63) is 86.1 Å². The summed E-state index contributed by atoms with van der Waals surface area (Å²) in [7, 11) is -7.40. The van der Waals surface area contributed by atoms with Crippen molar-refractivity contribution in [1.29, 1.82) is 0 Å². The highest BCUT2D eigenvalue weighted by atomic mass is 32.2. The van der Waals surface area contributed by atoms with Gasteiger partial charge in [0.1, 0.15) is 38.2 Å². The SMILES string of the molecule is COc1c(N2CCC(CNS(=O)(=O)c3cc(F)ccc3C)C2)c(F)cc2c(=O)c3c(OS(=O)(=O)c4cc(F)ccc4C)c([C@@H]4CC4C(C)=O)sc3[nH]c12. The first-order valence-corrected chi connectivity index (χ1v) is 20.3. The number of H-pyrrole nitrogens is 1. The van der Waals surface area contributed by atoms with Crippen molar-refractivity contribution in [3.8, 4) is 11.5 Å². The van der Waals surface area contributed by atoms with Gasteiger partial charge < -0.3 is 18.8 Å². The fourth-order valence-electron chi connectivity index (χ4n) is 7.02. The molecular weight excluding hydrogens is 756 g/mol. The Morgan fingerprint density at radius 1 is 1.00 bits per heavy atom. The molecule has 280 valence electrons. The number of Topliss-reactive ketones (excluding diaryl/α,β-unsaturated/α-hetero) is 1. The molecule has 2 N–H and O–H groups in total. The molecule has 2 unspecified atom stereocenters. The van der Waals surface area contributed by atoms with E-state index >= 15 is 4.39 Å². The number of hydrogen-bond donors (Lipinski definition) is 2. The second-order valence-corrected chi connectivity index (χ2v) is 17.8. The van der Waals surface area contributed by atoms with Crippen LogP contribution >= 0.6 is 11.3 Å². The summed E-state index contributed by atoms with van der Waals surface area (Å²) in [6.07, 6.45) is 0.884. The van der Waals surface area contributed by atoms with Gasteiger partial charge in [-0.3, -0.25) is 9.59 Å². The monoisotopic (exact) mass is 789 g/mol. The van der Waals surface area contributed by atoms with Crippen molar-refractivity contribution in [1.82, 2.24) is 9.71 Å². The minimum Gasteiger partial charge on any atom is -0.492 e. The maximum absolute atomic E-state index is 16.1. The fourth-order valence-corrected chi connectivity index (χ4v) is 11.0. The van der Waals surface area contributed by atoms with Crippen LogP contribution < -0.4 is 24.0 Å². The highest BCUT2D eigenvalue weighted by molar-refractivity contribution is 7.89. The molecule has 2 aromatic heterocycles. The van der Waals surface area contributed by atoms with Crippen LogP contribution in [0.1, 0.15) is 41.7 Å². The molecule has 5 aromatic rings. The van der Waals surface area contributed by atoms with E-state index in [9.17, 15) is 35.2 Å². The van der Waals surface area contributed by atoms with Crippen LogP contribution in [0.15, 0.2) is 57.1 Å². The number of halogens is 3. The molecule has 53 heavy (non-hydrogen) atoms. The molecule has 1 saturated carbocycles. The summed E-state index contributed by atoms with van der Waals surface area (Å²) in [6.45, 7) is 5.00. The quantitative estimate of drug-likeness (QED) is 0.153. The predicted octanol–water partition coefficient (Wildman–Crippen LogP) is 6.05. The molecule has 11 nitrogen and oxygen atoms in total. The number of anilines is 1. The average Bonchev–Trinajstić information content (AvgIpc) is 3.63. The number of methoxy groups -OCH3 is 1. The lowest BCUT2D eigenvalue weighted by Gasteiger charge is -2.23. The minimum atomic E-state index is -4.68. The van der Waals surface area contributed by atoms with Crippen LogP contribution in [-0.2, 0) is 24.9 Å². The van der Waals surface area contributed by atoms with Crippen LogP contribution in [-0.4, -0.2) is 54.3 Å². The Balaban J connectivity index is 1.26. The molecule has 3 aromatic carbocycles. The first kappa shape index (κ1) is 36.9. The zero-order valence-electron chi connectivity index (χ0n) is 28.9. The molecule has 3 atom stereocenters. The number of ketones is 1. The van der Waals surface area contributed by atoms with Crippen LogP contribution in [0, 0.1) is 43.1 Å². The Kier molecular flexibility index (Phi) is 9.36. The van der Waals surface area contributed by atoms with E-state index in [-0.39, 0.29) is 73.6 Å². The van der Waals surface area contributed by atoms with E-state index in [0.717, 1.165) is 35.6 Å². The van der Waals surface area contributed by atoms with E-state index in [0.29, 0.717) is 29.8 Å². The third-order valence-corrected chi connectivity index (χ3v) is 14.0. The van der Waals surface area contributed by atoms with E-state index < -0.39 is 59.8 Å². The number of aromatic nitrogens is 1. The molecule has 17 heteroatoms. The molecule has 0 radical (unpaired) electrons. The lowest BCUT2D eigenvalue weighted by molar-refractivity contribution is -0.118. The van der Waals surface area contributed by atoms with Crippen molar-refractivity contribution in [2.24, 2.45) is 11.8 Å². The largest absolute Gasteiger partial charge is 0.492 e. The third-order valence-electron chi connectivity index (χ3n) is 9.88. The van der Waals surface area contributed by atoms with Gasteiger partial charge >= 0.3 is 10.1 Å². The summed E-state index contributed by atoms with van der Waals surface area (Å²) in [6, 6.07) is 7.74. The normalized spacial score (nSPS) is 18.9. The molecule has 2 fully saturated rings. The number of carbonyl (C=O) groups is 1. The Labute approximate surface area is 306 Å². The smallest absolute Gasteiger partial charge is 0.339 e. The van der Waals surface area contributed by atoms with Gasteiger partial charge in [0.25, 0.3) is 0 Å². The number of fused-ring (bicyclic) bond motifs is 2. The summed E-state index contributed by atoms with van der Waals surface area (Å²) >= 11 is 1.04. The number of aryl methyl sites for hydroxylation is 2. The van der Waals surface area contributed by atoms with Crippen molar-refractivity contribution in [2.75, 3.05) is 31.6 Å². The van der Waals surface area contributed by atoms with Crippen LogP contribution in [0.2, 0.25) is 0 Å². The summed E-state index contributed by atoms with van der Waals surface area (Å²) < 4.78 is 111. The van der Waals surface area contributed by atoms with Crippen LogP contribution in [0.25, 0.3) is 21.1 Å². The molecular formula is C36H34F3N3O8S3. The molecule has 0 bridgehead atoms. The van der Waals surface area contributed by atoms with Gasteiger partial charge in [-0.1, -0.05) is 12.1 Å². The zero-order chi connectivity index (χ0) is 38.1. The highest BCUT2D eigenvalue weighted by Crippen LogP contribution is 2.56. The van der Waals surface area contributed by atoms with Gasteiger partial charge in [-0.25, -0.2) is 26.3 Å². The van der Waals surface area contributed by atoms with Crippen LogP contribution in [0.5, 0.6) is 11.5 Å². The van der Waals surface area contributed by atoms with Gasteiger partial charge in [0.15, 0.2) is 17.3 Å². The van der Waals surface area contributed by atoms with Gasteiger partial charge in [-0.05, 0) is 81.0 Å². The third kappa shape index (κ3) is 6.68. The lowest BCUT2D eigenvalue weighted by atomic mass is 10.1. The zero-order valence-corrected chi connectivity index (χ0v) is 31.3. The van der Waals surface area contributed by atoms with Gasteiger partial charge in [0.05, 0.1) is 27.8 Å². The van der Waals surface area contributed by atoms with Crippen molar-refractivity contribution < 1.29 is 43.7 Å². The number of nitrogens with zero attached hydrogens (tertiary/aromatic N) is 1. The van der Waals surface area contributed by atoms with E-state index in [4.69, 9.17) is 8.92 Å². The summed E-state index contributed by atoms with van der Waals surface area (Å²) in [5.74, 6) is -3.82. The molecule has 1 aliphatic carbocycles.